The van der Waals surface area contributed by atoms with E-state index >= 15 is 0 Å². The molecule has 1 atom stereocenters. The number of hydrogen-bond donors (Lipinski definition) is 1. The first-order valence-electron chi connectivity index (χ1n) is 6.83. The van der Waals surface area contributed by atoms with Crippen molar-refractivity contribution >= 4 is 23.5 Å². The van der Waals surface area contributed by atoms with Gasteiger partial charge in [-0.25, -0.2) is 9.86 Å². The summed E-state index contributed by atoms with van der Waals surface area (Å²) < 4.78 is 5.30. The third kappa shape index (κ3) is 3.51. The minimum absolute atomic E-state index is 0.117. The van der Waals surface area contributed by atoms with E-state index in [1.165, 1.54) is 12.0 Å². The minimum Gasteiger partial charge on any atom is -0.479 e. The van der Waals surface area contributed by atoms with E-state index < -0.39 is 17.5 Å². The first kappa shape index (κ1) is 16.6. The Bertz CT molecular complexity index is 602. The summed E-state index contributed by atoms with van der Waals surface area (Å²) in [5, 5.41) is 10.6. The van der Waals surface area contributed by atoms with Crippen molar-refractivity contribution in [2.24, 2.45) is 5.41 Å². The summed E-state index contributed by atoms with van der Waals surface area (Å²) in [5.41, 5.74) is 0.0705. The van der Waals surface area contributed by atoms with Gasteiger partial charge in [-0.15, -0.1) is 0 Å². The predicted octanol–water partition coefficient (Wildman–Crippen LogP) is 2.49. The number of rotatable bonds is 5. The zero-order valence-corrected chi connectivity index (χ0v) is 13.4. The molecule has 1 aliphatic rings. The van der Waals surface area contributed by atoms with Crippen molar-refractivity contribution in [3.63, 3.8) is 0 Å². The summed E-state index contributed by atoms with van der Waals surface area (Å²) in [6.07, 6.45) is -0.974. The van der Waals surface area contributed by atoms with E-state index in [1.54, 1.807) is 18.2 Å². The maximum atomic E-state index is 12.1. The predicted molar refractivity (Wildman–Crippen MR) is 79.5 cm³/mol. The van der Waals surface area contributed by atoms with Crippen molar-refractivity contribution in [3.8, 4) is 5.75 Å². The smallest absolute Gasteiger partial charge is 0.344 e. The van der Waals surface area contributed by atoms with Gasteiger partial charge in [0, 0.05) is 5.02 Å². The molecule has 1 aromatic carbocycles. The highest BCUT2D eigenvalue weighted by molar-refractivity contribution is 6.31. The number of carboxylic acid groups (broad SMARTS) is 1. The molecule has 1 aliphatic heterocycles. The van der Waals surface area contributed by atoms with Gasteiger partial charge in [-0.1, -0.05) is 11.6 Å². The Kier molecular flexibility index (Phi) is 4.63. The monoisotopic (exact) mass is 327 g/mol. The molecule has 7 heteroatoms. The number of hydroxylamine groups is 2. The van der Waals surface area contributed by atoms with Gasteiger partial charge in [0.2, 0.25) is 0 Å². The Morgan fingerprint density at radius 2 is 2.23 bits per heavy atom. The summed E-state index contributed by atoms with van der Waals surface area (Å²) in [4.78, 5) is 28.4. The lowest BCUT2D eigenvalue weighted by atomic mass is 9.95. The van der Waals surface area contributed by atoms with E-state index in [2.05, 4.69) is 0 Å². The lowest BCUT2D eigenvalue weighted by molar-refractivity contribution is -0.165. The standard InChI is InChI=1S/C15H18ClNO5/c1-9(13(18)19)22-11-4-5-12(16)10(6-11)7-17-14(20)15(2,3)8-21-17/h4-6,9H,7-8H2,1-3H3,(H,18,19). The second-order valence-corrected chi connectivity index (χ2v) is 6.26. The van der Waals surface area contributed by atoms with Gasteiger partial charge in [0.1, 0.15) is 5.75 Å². The van der Waals surface area contributed by atoms with Crippen LogP contribution in [0.1, 0.15) is 26.3 Å². The Balaban J connectivity index is 2.14. The topological polar surface area (TPSA) is 76.1 Å². The molecule has 1 fully saturated rings. The quantitative estimate of drug-likeness (QED) is 0.899. The van der Waals surface area contributed by atoms with Crippen LogP contribution in [0.15, 0.2) is 18.2 Å². The molecule has 0 spiro atoms. The molecule has 1 aromatic rings. The van der Waals surface area contributed by atoms with Gasteiger partial charge >= 0.3 is 5.97 Å². The lowest BCUT2D eigenvalue weighted by Gasteiger charge is -2.18. The molecule has 120 valence electrons. The summed E-state index contributed by atoms with van der Waals surface area (Å²) in [5.74, 6) is -0.801. The van der Waals surface area contributed by atoms with Gasteiger partial charge < -0.3 is 9.84 Å². The van der Waals surface area contributed by atoms with Crippen LogP contribution in [-0.2, 0) is 21.0 Å². The van der Waals surface area contributed by atoms with Crippen molar-refractivity contribution < 1.29 is 24.3 Å². The van der Waals surface area contributed by atoms with E-state index in [0.717, 1.165) is 0 Å². The fraction of sp³-hybridized carbons (Fsp3) is 0.467. The number of benzene rings is 1. The van der Waals surface area contributed by atoms with Crippen LogP contribution >= 0.6 is 11.6 Å². The number of nitrogens with zero attached hydrogens (tertiary/aromatic N) is 1. The molecule has 6 nitrogen and oxygen atoms in total. The maximum absolute atomic E-state index is 12.1. The molecule has 1 unspecified atom stereocenters. The van der Waals surface area contributed by atoms with Crippen LogP contribution in [0.3, 0.4) is 0 Å². The van der Waals surface area contributed by atoms with Gasteiger partial charge in [-0.2, -0.15) is 0 Å². The van der Waals surface area contributed by atoms with Gasteiger partial charge in [0.25, 0.3) is 5.91 Å². The van der Waals surface area contributed by atoms with Crippen LogP contribution in [0.25, 0.3) is 0 Å². The van der Waals surface area contributed by atoms with Crippen molar-refractivity contribution in [1.82, 2.24) is 5.06 Å². The van der Waals surface area contributed by atoms with Gasteiger partial charge in [-0.05, 0) is 44.5 Å². The summed E-state index contributed by atoms with van der Waals surface area (Å²) in [6, 6.07) is 4.80. The molecule has 22 heavy (non-hydrogen) atoms. The zero-order chi connectivity index (χ0) is 16.5. The molecule has 1 saturated heterocycles. The zero-order valence-electron chi connectivity index (χ0n) is 12.6. The van der Waals surface area contributed by atoms with E-state index in [1.807, 2.05) is 13.8 Å². The van der Waals surface area contributed by atoms with Crippen molar-refractivity contribution in [3.05, 3.63) is 28.8 Å². The first-order chi connectivity index (χ1) is 10.2. The Hall–Kier alpha value is -1.79. The molecular weight excluding hydrogens is 310 g/mol. The summed E-state index contributed by atoms with van der Waals surface area (Å²) in [6.45, 7) is 5.55. The number of ether oxygens (including phenoxy) is 1. The SMILES string of the molecule is CC(Oc1ccc(Cl)c(CN2OCC(C)(C)C2=O)c1)C(=O)O. The van der Waals surface area contributed by atoms with Gasteiger partial charge in [0.05, 0.1) is 18.6 Å². The maximum Gasteiger partial charge on any atom is 0.344 e. The Morgan fingerprint density at radius 3 is 2.77 bits per heavy atom. The fourth-order valence-corrected chi connectivity index (χ4v) is 2.15. The lowest BCUT2D eigenvalue weighted by Crippen LogP contribution is -2.30. The second-order valence-electron chi connectivity index (χ2n) is 5.85. The number of hydrogen-bond acceptors (Lipinski definition) is 4. The van der Waals surface area contributed by atoms with E-state index in [-0.39, 0.29) is 12.5 Å². The highest BCUT2D eigenvalue weighted by atomic mass is 35.5. The van der Waals surface area contributed by atoms with Gasteiger partial charge in [-0.3, -0.25) is 9.63 Å². The fourth-order valence-electron chi connectivity index (χ4n) is 1.97. The largest absolute Gasteiger partial charge is 0.479 e. The molecule has 1 amide bonds. The molecule has 1 heterocycles. The molecule has 0 saturated carbocycles. The number of aliphatic carboxylic acids is 1. The molecule has 0 bridgehead atoms. The van der Waals surface area contributed by atoms with Crippen LogP contribution in [0.5, 0.6) is 5.75 Å². The van der Waals surface area contributed by atoms with E-state index in [4.69, 9.17) is 26.3 Å². The normalized spacial score (nSPS) is 18.4. The number of carbonyl (C=O) groups is 2. The third-order valence-corrected chi connectivity index (χ3v) is 3.75. The van der Waals surface area contributed by atoms with Crippen LogP contribution in [-0.4, -0.2) is 34.8 Å². The molecule has 0 radical (unpaired) electrons. The number of amides is 1. The van der Waals surface area contributed by atoms with Crippen molar-refractivity contribution in [1.29, 1.82) is 0 Å². The first-order valence-corrected chi connectivity index (χ1v) is 7.21. The van der Waals surface area contributed by atoms with Crippen LogP contribution < -0.4 is 4.74 Å². The minimum atomic E-state index is -1.06. The summed E-state index contributed by atoms with van der Waals surface area (Å²) in [7, 11) is 0. The third-order valence-electron chi connectivity index (χ3n) is 3.38. The molecule has 1 N–H and O–H groups in total. The van der Waals surface area contributed by atoms with Crippen molar-refractivity contribution in [2.45, 2.75) is 33.4 Å². The van der Waals surface area contributed by atoms with E-state index in [9.17, 15) is 9.59 Å². The average molecular weight is 328 g/mol. The van der Waals surface area contributed by atoms with E-state index in [0.29, 0.717) is 22.9 Å². The number of carbonyl (C=O) groups excluding carboxylic acids is 1. The molecule has 0 aromatic heterocycles. The van der Waals surface area contributed by atoms with Crippen LogP contribution in [0.2, 0.25) is 5.02 Å². The number of carboxylic acids is 1. The molecular formula is C15H18ClNO5. The molecule has 0 aliphatic carbocycles. The highest BCUT2D eigenvalue weighted by Gasteiger charge is 2.40. The van der Waals surface area contributed by atoms with Crippen molar-refractivity contribution in [2.75, 3.05) is 6.61 Å². The summed E-state index contributed by atoms with van der Waals surface area (Å²) >= 11 is 6.13. The van der Waals surface area contributed by atoms with Gasteiger partial charge in [0.15, 0.2) is 6.10 Å². The Labute approximate surface area is 133 Å². The Morgan fingerprint density at radius 1 is 1.55 bits per heavy atom. The molecule has 2 rings (SSSR count). The van der Waals surface area contributed by atoms with Crippen LogP contribution in [0, 0.1) is 5.41 Å². The average Bonchev–Trinajstić information content (AvgIpc) is 2.69. The number of halogens is 1. The van der Waals surface area contributed by atoms with Crippen LogP contribution in [0.4, 0.5) is 0 Å². The second kappa shape index (κ2) is 6.14. The highest BCUT2D eigenvalue weighted by Crippen LogP contribution is 2.30.